The Hall–Kier alpha value is -0.970. The first-order valence-corrected chi connectivity index (χ1v) is 7.60. The van der Waals surface area contributed by atoms with Crippen LogP contribution >= 0.6 is 11.6 Å². The zero-order chi connectivity index (χ0) is 14.5. The number of hydrogen-bond donors (Lipinski definition) is 2. The summed E-state index contributed by atoms with van der Waals surface area (Å²) in [6.45, 7) is 6.51. The van der Waals surface area contributed by atoms with Crippen molar-refractivity contribution >= 4 is 23.0 Å². The van der Waals surface area contributed by atoms with Gasteiger partial charge in [-0.05, 0) is 38.1 Å². The lowest BCUT2D eigenvalue weighted by atomic mass is 10.2. The van der Waals surface area contributed by atoms with Gasteiger partial charge in [-0.1, -0.05) is 0 Å². The van der Waals surface area contributed by atoms with Crippen molar-refractivity contribution in [1.82, 2.24) is 0 Å². The van der Waals surface area contributed by atoms with Crippen molar-refractivity contribution in [2.45, 2.75) is 32.2 Å². The molecule has 1 aliphatic rings. The summed E-state index contributed by atoms with van der Waals surface area (Å²) >= 11 is 5.56. The molecule has 0 saturated carbocycles. The standard InChI is InChI=1S/C15H23ClN2O2/c1-11-9-18(10-12(2)20-11)14-5-3-13(4-6-14)17-8-15(19)7-16/h3-6,11-12,15,17,19H,7-10H2,1-2H3. The minimum absolute atomic E-state index is 0.245. The molecule has 0 amide bonds. The summed E-state index contributed by atoms with van der Waals surface area (Å²) in [5, 5.41) is 12.6. The number of halogens is 1. The first-order chi connectivity index (χ1) is 9.58. The highest BCUT2D eigenvalue weighted by molar-refractivity contribution is 6.18. The molecule has 4 nitrogen and oxygen atoms in total. The fourth-order valence-corrected chi connectivity index (χ4v) is 2.58. The normalized spacial score (nSPS) is 24.5. The molecule has 1 aromatic rings. The number of rotatable bonds is 5. The summed E-state index contributed by atoms with van der Waals surface area (Å²) in [7, 11) is 0. The van der Waals surface area contributed by atoms with Crippen LogP contribution in [0, 0.1) is 0 Å². The number of alkyl halides is 1. The van der Waals surface area contributed by atoms with Gasteiger partial charge in [-0.2, -0.15) is 0 Å². The maximum absolute atomic E-state index is 9.42. The smallest absolute Gasteiger partial charge is 0.0847 e. The summed E-state index contributed by atoms with van der Waals surface area (Å²) in [4.78, 5) is 2.34. The highest BCUT2D eigenvalue weighted by atomic mass is 35.5. The molecule has 0 aromatic heterocycles. The van der Waals surface area contributed by atoms with Crippen molar-refractivity contribution in [3.63, 3.8) is 0 Å². The molecular formula is C15H23ClN2O2. The molecule has 1 aromatic carbocycles. The Kier molecular flexibility index (Phi) is 5.52. The third kappa shape index (κ3) is 4.27. The maximum Gasteiger partial charge on any atom is 0.0847 e. The first-order valence-electron chi connectivity index (χ1n) is 7.07. The van der Waals surface area contributed by atoms with Gasteiger partial charge in [-0.15, -0.1) is 11.6 Å². The number of nitrogens with zero attached hydrogens (tertiary/aromatic N) is 1. The fourth-order valence-electron chi connectivity index (χ4n) is 2.47. The number of benzene rings is 1. The predicted octanol–water partition coefficient (Wildman–Crippen LogP) is 2.31. The van der Waals surface area contributed by atoms with E-state index >= 15 is 0 Å². The van der Waals surface area contributed by atoms with E-state index in [0.717, 1.165) is 18.8 Å². The highest BCUT2D eigenvalue weighted by Crippen LogP contribution is 2.22. The lowest BCUT2D eigenvalue weighted by Gasteiger charge is -2.36. The molecule has 0 bridgehead atoms. The van der Waals surface area contributed by atoms with E-state index in [1.54, 1.807) is 0 Å². The predicted molar refractivity (Wildman–Crippen MR) is 83.9 cm³/mol. The maximum atomic E-state index is 9.42. The van der Waals surface area contributed by atoms with Gasteiger partial charge in [0.1, 0.15) is 0 Å². The molecule has 2 N–H and O–H groups in total. The second-order valence-electron chi connectivity index (χ2n) is 5.40. The molecule has 1 saturated heterocycles. The zero-order valence-corrected chi connectivity index (χ0v) is 12.8. The van der Waals surface area contributed by atoms with E-state index in [1.807, 2.05) is 12.1 Å². The number of ether oxygens (including phenoxy) is 1. The summed E-state index contributed by atoms with van der Waals surface area (Å²) in [5.74, 6) is 0.245. The Morgan fingerprint density at radius 1 is 1.30 bits per heavy atom. The molecule has 1 fully saturated rings. The van der Waals surface area contributed by atoms with Gasteiger partial charge in [0.05, 0.1) is 24.2 Å². The van der Waals surface area contributed by atoms with Gasteiger partial charge < -0.3 is 20.1 Å². The molecule has 5 heteroatoms. The number of anilines is 2. The minimum atomic E-state index is -0.516. The third-order valence-corrected chi connectivity index (χ3v) is 3.73. The van der Waals surface area contributed by atoms with Crippen molar-refractivity contribution in [2.75, 3.05) is 35.7 Å². The number of aliphatic hydroxyl groups is 1. The number of hydrogen-bond acceptors (Lipinski definition) is 4. The van der Waals surface area contributed by atoms with Crippen molar-refractivity contribution in [1.29, 1.82) is 0 Å². The van der Waals surface area contributed by atoms with Crippen molar-refractivity contribution < 1.29 is 9.84 Å². The second-order valence-corrected chi connectivity index (χ2v) is 5.71. The SMILES string of the molecule is CC1CN(c2ccc(NCC(O)CCl)cc2)CC(C)O1. The van der Waals surface area contributed by atoms with Gasteiger partial charge in [0.2, 0.25) is 0 Å². The molecule has 3 unspecified atom stereocenters. The highest BCUT2D eigenvalue weighted by Gasteiger charge is 2.22. The van der Waals surface area contributed by atoms with E-state index in [4.69, 9.17) is 16.3 Å². The molecule has 112 valence electrons. The van der Waals surface area contributed by atoms with E-state index in [1.165, 1.54) is 5.69 Å². The van der Waals surface area contributed by atoms with Crippen LogP contribution in [-0.4, -0.2) is 48.9 Å². The molecular weight excluding hydrogens is 276 g/mol. The number of aliphatic hydroxyl groups excluding tert-OH is 1. The molecule has 0 spiro atoms. The Bertz CT molecular complexity index is 403. The molecule has 0 radical (unpaired) electrons. The van der Waals surface area contributed by atoms with Gasteiger partial charge in [-0.25, -0.2) is 0 Å². The Balaban J connectivity index is 1.94. The summed E-state index contributed by atoms with van der Waals surface area (Å²) in [5.41, 5.74) is 2.20. The van der Waals surface area contributed by atoms with Crippen LogP contribution < -0.4 is 10.2 Å². The van der Waals surface area contributed by atoms with Gasteiger partial charge in [0.15, 0.2) is 0 Å². The van der Waals surface area contributed by atoms with Crippen LogP contribution in [0.15, 0.2) is 24.3 Å². The average molecular weight is 299 g/mol. The van der Waals surface area contributed by atoms with Crippen molar-refractivity contribution in [2.24, 2.45) is 0 Å². The minimum Gasteiger partial charge on any atom is -0.390 e. The monoisotopic (exact) mass is 298 g/mol. The molecule has 20 heavy (non-hydrogen) atoms. The lowest BCUT2D eigenvalue weighted by molar-refractivity contribution is -0.00521. The summed E-state index contributed by atoms with van der Waals surface area (Å²) < 4.78 is 5.74. The number of morpholine rings is 1. The average Bonchev–Trinajstić information content (AvgIpc) is 2.44. The van der Waals surface area contributed by atoms with E-state index in [9.17, 15) is 5.11 Å². The Morgan fingerprint density at radius 3 is 2.45 bits per heavy atom. The summed E-state index contributed by atoms with van der Waals surface area (Å²) in [6, 6.07) is 8.25. The first kappa shape index (κ1) is 15.4. The molecule has 0 aliphatic carbocycles. The fraction of sp³-hybridized carbons (Fsp3) is 0.600. The topological polar surface area (TPSA) is 44.7 Å². The van der Waals surface area contributed by atoms with Crippen LogP contribution in [-0.2, 0) is 4.74 Å². The van der Waals surface area contributed by atoms with Gasteiger partial charge in [0, 0.05) is 31.0 Å². The van der Waals surface area contributed by atoms with Crippen LogP contribution in [0.3, 0.4) is 0 Å². The van der Waals surface area contributed by atoms with Crippen LogP contribution in [0.1, 0.15) is 13.8 Å². The van der Waals surface area contributed by atoms with Crippen LogP contribution in [0.2, 0.25) is 0 Å². The van der Waals surface area contributed by atoms with Gasteiger partial charge in [-0.3, -0.25) is 0 Å². The van der Waals surface area contributed by atoms with E-state index < -0.39 is 6.10 Å². The molecule has 1 aliphatic heterocycles. The van der Waals surface area contributed by atoms with Crippen LogP contribution in [0.4, 0.5) is 11.4 Å². The van der Waals surface area contributed by atoms with Crippen molar-refractivity contribution in [3.05, 3.63) is 24.3 Å². The van der Waals surface area contributed by atoms with E-state index in [2.05, 4.69) is 36.2 Å². The molecule has 2 rings (SSSR count). The van der Waals surface area contributed by atoms with Crippen LogP contribution in [0.25, 0.3) is 0 Å². The Labute approximate surface area is 125 Å². The summed E-state index contributed by atoms with van der Waals surface area (Å²) in [6.07, 6.45) is 0.00289. The van der Waals surface area contributed by atoms with Gasteiger partial charge >= 0.3 is 0 Å². The lowest BCUT2D eigenvalue weighted by Crippen LogP contribution is -2.45. The zero-order valence-electron chi connectivity index (χ0n) is 12.1. The van der Waals surface area contributed by atoms with Crippen LogP contribution in [0.5, 0.6) is 0 Å². The quantitative estimate of drug-likeness (QED) is 0.819. The largest absolute Gasteiger partial charge is 0.390 e. The number of nitrogens with one attached hydrogen (secondary N) is 1. The molecule has 1 heterocycles. The van der Waals surface area contributed by atoms with E-state index in [-0.39, 0.29) is 18.1 Å². The van der Waals surface area contributed by atoms with Crippen molar-refractivity contribution in [3.8, 4) is 0 Å². The van der Waals surface area contributed by atoms with E-state index in [0.29, 0.717) is 6.54 Å². The second kappa shape index (κ2) is 7.16. The Morgan fingerprint density at radius 2 is 1.90 bits per heavy atom. The van der Waals surface area contributed by atoms with Gasteiger partial charge in [0.25, 0.3) is 0 Å². The third-order valence-electron chi connectivity index (χ3n) is 3.37. The molecule has 3 atom stereocenters.